The van der Waals surface area contributed by atoms with Crippen LogP contribution in [0.5, 0.6) is 0 Å². The number of amides is 2. The van der Waals surface area contributed by atoms with Crippen molar-refractivity contribution in [2.24, 2.45) is 0 Å². The SMILES string of the molecule is Cc1cc(Cl)ncc1NC(=O)N1CC(F)(F)C1. The monoisotopic (exact) mass is 261 g/mol. The van der Waals surface area contributed by atoms with Gasteiger partial charge < -0.3 is 10.2 Å². The number of urea groups is 1. The molecule has 7 heteroatoms. The Morgan fingerprint density at radius 1 is 1.59 bits per heavy atom. The van der Waals surface area contributed by atoms with Gasteiger partial charge in [-0.15, -0.1) is 0 Å². The molecule has 0 aromatic carbocycles. The van der Waals surface area contributed by atoms with Crippen molar-refractivity contribution in [3.63, 3.8) is 0 Å². The maximum absolute atomic E-state index is 12.6. The number of aromatic nitrogens is 1. The van der Waals surface area contributed by atoms with Crippen molar-refractivity contribution in [3.8, 4) is 0 Å². The molecule has 0 atom stereocenters. The average molecular weight is 262 g/mol. The Labute approximate surface area is 102 Å². The fourth-order valence-corrected chi connectivity index (χ4v) is 1.72. The van der Waals surface area contributed by atoms with Crippen LogP contribution in [0.1, 0.15) is 5.56 Å². The third-order valence-electron chi connectivity index (χ3n) is 2.45. The molecule has 0 radical (unpaired) electrons. The van der Waals surface area contributed by atoms with Crippen LogP contribution in [-0.4, -0.2) is 34.9 Å². The summed E-state index contributed by atoms with van der Waals surface area (Å²) in [7, 11) is 0. The van der Waals surface area contributed by atoms with E-state index >= 15 is 0 Å². The Bertz CT molecular complexity index is 459. The van der Waals surface area contributed by atoms with Crippen molar-refractivity contribution in [2.75, 3.05) is 18.4 Å². The highest BCUT2D eigenvalue weighted by molar-refractivity contribution is 6.29. The second-order valence-electron chi connectivity index (χ2n) is 3.96. The van der Waals surface area contributed by atoms with Crippen molar-refractivity contribution >= 4 is 23.3 Å². The molecule has 1 saturated heterocycles. The first-order valence-corrected chi connectivity index (χ1v) is 5.31. The lowest BCUT2D eigenvalue weighted by atomic mass is 10.1. The molecule has 17 heavy (non-hydrogen) atoms. The number of hydrogen-bond acceptors (Lipinski definition) is 2. The zero-order chi connectivity index (χ0) is 12.6. The second-order valence-corrected chi connectivity index (χ2v) is 4.35. The van der Waals surface area contributed by atoms with Crippen LogP contribution in [0.2, 0.25) is 5.15 Å². The predicted octanol–water partition coefficient (Wildman–Crippen LogP) is 2.53. The topological polar surface area (TPSA) is 45.2 Å². The van der Waals surface area contributed by atoms with Crippen molar-refractivity contribution in [2.45, 2.75) is 12.8 Å². The number of likely N-dealkylation sites (tertiary alicyclic amines) is 1. The first-order valence-electron chi connectivity index (χ1n) is 4.93. The van der Waals surface area contributed by atoms with E-state index in [9.17, 15) is 13.6 Å². The van der Waals surface area contributed by atoms with E-state index in [0.29, 0.717) is 10.8 Å². The quantitative estimate of drug-likeness (QED) is 0.790. The lowest BCUT2D eigenvalue weighted by Gasteiger charge is -2.38. The molecule has 1 aliphatic heterocycles. The number of nitrogens with zero attached hydrogens (tertiary/aromatic N) is 2. The Kier molecular flexibility index (Phi) is 2.91. The summed E-state index contributed by atoms with van der Waals surface area (Å²) < 4.78 is 25.1. The Hall–Kier alpha value is -1.43. The van der Waals surface area contributed by atoms with Crippen LogP contribution in [0, 0.1) is 6.92 Å². The Balaban J connectivity index is 2.00. The maximum atomic E-state index is 12.6. The molecular formula is C10H10ClF2N3O. The zero-order valence-corrected chi connectivity index (χ0v) is 9.76. The van der Waals surface area contributed by atoms with Crippen LogP contribution in [0.25, 0.3) is 0 Å². The number of nitrogens with one attached hydrogen (secondary N) is 1. The number of pyridine rings is 1. The molecular weight excluding hydrogens is 252 g/mol. The van der Waals surface area contributed by atoms with E-state index in [-0.39, 0.29) is 0 Å². The molecule has 92 valence electrons. The van der Waals surface area contributed by atoms with E-state index in [0.717, 1.165) is 10.5 Å². The van der Waals surface area contributed by atoms with E-state index in [1.165, 1.54) is 6.20 Å². The minimum Gasteiger partial charge on any atom is -0.312 e. The van der Waals surface area contributed by atoms with Crippen molar-refractivity contribution in [1.82, 2.24) is 9.88 Å². The van der Waals surface area contributed by atoms with Gasteiger partial charge in [-0.25, -0.2) is 18.6 Å². The van der Waals surface area contributed by atoms with E-state index in [2.05, 4.69) is 10.3 Å². The van der Waals surface area contributed by atoms with Crippen molar-refractivity contribution in [3.05, 3.63) is 23.0 Å². The van der Waals surface area contributed by atoms with Gasteiger partial charge in [0.05, 0.1) is 25.0 Å². The summed E-state index contributed by atoms with van der Waals surface area (Å²) in [6.07, 6.45) is 1.40. The van der Waals surface area contributed by atoms with E-state index in [1.54, 1.807) is 13.0 Å². The Morgan fingerprint density at radius 3 is 2.76 bits per heavy atom. The van der Waals surface area contributed by atoms with Crippen LogP contribution in [-0.2, 0) is 0 Å². The van der Waals surface area contributed by atoms with Gasteiger partial charge in [0.15, 0.2) is 0 Å². The number of anilines is 1. The van der Waals surface area contributed by atoms with E-state index in [4.69, 9.17) is 11.6 Å². The predicted molar refractivity (Wildman–Crippen MR) is 59.5 cm³/mol. The molecule has 4 nitrogen and oxygen atoms in total. The third kappa shape index (κ3) is 2.63. The highest BCUT2D eigenvalue weighted by Gasteiger charge is 2.46. The molecule has 0 unspecified atom stereocenters. The first kappa shape index (κ1) is 12.0. The summed E-state index contributed by atoms with van der Waals surface area (Å²) in [5.41, 5.74) is 1.19. The minimum atomic E-state index is -2.76. The van der Waals surface area contributed by atoms with E-state index in [1.807, 2.05) is 0 Å². The molecule has 1 aliphatic rings. The number of carbonyl (C=O) groups excluding carboxylic acids is 1. The second kappa shape index (κ2) is 4.10. The summed E-state index contributed by atoms with van der Waals surface area (Å²) in [5, 5.41) is 2.83. The Morgan fingerprint density at radius 2 is 2.24 bits per heavy atom. The van der Waals surface area contributed by atoms with Crippen LogP contribution in [0.3, 0.4) is 0 Å². The van der Waals surface area contributed by atoms with Gasteiger partial charge in [-0.1, -0.05) is 11.6 Å². The van der Waals surface area contributed by atoms with Crippen LogP contribution >= 0.6 is 11.6 Å². The molecule has 2 rings (SSSR count). The van der Waals surface area contributed by atoms with Gasteiger partial charge in [-0.3, -0.25) is 0 Å². The van der Waals surface area contributed by atoms with Gasteiger partial charge >= 0.3 is 6.03 Å². The van der Waals surface area contributed by atoms with E-state index < -0.39 is 25.0 Å². The summed E-state index contributed by atoms with van der Waals surface area (Å²) >= 11 is 5.66. The van der Waals surface area contributed by atoms with Crippen molar-refractivity contribution in [1.29, 1.82) is 0 Å². The zero-order valence-electron chi connectivity index (χ0n) is 9.01. The molecule has 1 fully saturated rings. The van der Waals surface area contributed by atoms with Crippen LogP contribution in [0.15, 0.2) is 12.3 Å². The van der Waals surface area contributed by atoms with Gasteiger partial charge in [-0.2, -0.15) is 0 Å². The van der Waals surface area contributed by atoms with Crippen LogP contribution < -0.4 is 5.32 Å². The van der Waals surface area contributed by atoms with Gasteiger partial charge in [0.2, 0.25) is 0 Å². The fraction of sp³-hybridized carbons (Fsp3) is 0.400. The molecule has 2 amide bonds. The molecule has 1 aromatic heterocycles. The number of carbonyl (C=O) groups is 1. The largest absolute Gasteiger partial charge is 0.322 e. The third-order valence-corrected chi connectivity index (χ3v) is 2.66. The lowest BCUT2D eigenvalue weighted by Crippen LogP contribution is -2.59. The lowest BCUT2D eigenvalue weighted by molar-refractivity contribution is -0.107. The van der Waals surface area contributed by atoms with Gasteiger partial charge in [-0.05, 0) is 18.6 Å². The molecule has 0 saturated carbocycles. The normalized spacial score (nSPS) is 17.5. The summed E-state index contributed by atoms with van der Waals surface area (Å²) in [5.74, 6) is -2.76. The smallest absolute Gasteiger partial charge is 0.312 e. The standard InChI is InChI=1S/C10H10ClF2N3O/c1-6-2-8(11)14-3-7(6)15-9(17)16-4-10(12,13)5-16/h2-3H,4-5H2,1H3,(H,15,17). The number of hydrogen-bond donors (Lipinski definition) is 1. The first-order chi connectivity index (χ1) is 7.87. The number of halogens is 3. The molecule has 2 heterocycles. The van der Waals surface area contributed by atoms with Gasteiger partial charge in [0.25, 0.3) is 5.92 Å². The summed E-state index contributed by atoms with van der Waals surface area (Å²) in [6, 6.07) is 1.03. The highest BCUT2D eigenvalue weighted by Crippen LogP contribution is 2.27. The summed E-state index contributed by atoms with van der Waals surface area (Å²) in [6.45, 7) is 0.658. The highest BCUT2D eigenvalue weighted by atomic mass is 35.5. The molecule has 0 spiro atoms. The number of alkyl halides is 2. The number of aryl methyl sites for hydroxylation is 1. The minimum absolute atomic E-state index is 0.316. The van der Waals surface area contributed by atoms with Crippen molar-refractivity contribution < 1.29 is 13.6 Å². The number of rotatable bonds is 1. The molecule has 0 bridgehead atoms. The molecule has 1 aromatic rings. The van der Waals surface area contributed by atoms with Gasteiger partial charge in [0, 0.05) is 0 Å². The molecule has 0 aliphatic carbocycles. The maximum Gasteiger partial charge on any atom is 0.322 e. The van der Waals surface area contributed by atoms with Gasteiger partial charge in [0.1, 0.15) is 5.15 Å². The summed E-state index contributed by atoms with van der Waals surface area (Å²) in [4.78, 5) is 16.4. The van der Waals surface area contributed by atoms with Crippen LogP contribution in [0.4, 0.5) is 19.3 Å². The average Bonchev–Trinajstić information content (AvgIpc) is 2.18. The fourth-order valence-electron chi connectivity index (χ4n) is 1.50. The molecule has 1 N–H and O–H groups in total.